The second kappa shape index (κ2) is 28.7. The summed E-state index contributed by atoms with van der Waals surface area (Å²) >= 11 is 0. The van der Waals surface area contributed by atoms with Crippen molar-refractivity contribution in [2.45, 2.75) is 186 Å². The number of Topliss-reactive ketones (excluding diaryl/α,β-unsaturated/α-hetero) is 2. The number of ether oxygens (including phenoxy) is 5. The number of hydrogen-bond donors (Lipinski definition) is 4. The Morgan fingerprint density at radius 2 is 1.60 bits per heavy atom. The predicted octanol–water partition coefficient (Wildman–Crippen LogP) is 7.20. The molecule has 2 bridgehead atoms. The minimum Gasteiger partial charge on any atom is -0.461 e. The number of allylic oxidation sites excluding steroid dienone is 5. The maximum atomic E-state index is 14.6. The molecule has 2 saturated heterocycles. The largest absolute Gasteiger partial charge is 0.461 e. The fraction of sp³-hybridized carbons (Fsp3) is 0.690. The Hall–Kier alpha value is -4.06. The molecule has 3 fully saturated rings. The molecule has 0 aromatic heterocycles. The third-order valence-corrected chi connectivity index (χ3v) is 16.1. The molecule has 15 heteroatoms. The molecule has 5 rings (SSSR count). The maximum Gasteiger partial charge on any atom is 0.329 e. The van der Waals surface area contributed by atoms with Gasteiger partial charge in [0, 0.05) is 58.0 Å². The van der Waals surface area contributed by atoms with E-state index in [1.807, 2.05) is 88.4 Å². The van der Waals surface area contributed by atoms with Crippen molar-refractivity contribution in [3.8, 4) is 0 Å². The van der Waals surface area contributed by atoms with Crippen molar-refractivity contribution in [2.24, 2.45) is 35.3 Å². The molecule has 0 spiro atoms. The van der Waals surface area contributed by atoms with E-state index in [0.29, 0.717) is 89.4 Å². The zero-order chi connectivity index (χ0) is 53.4. The highest BCUT2D eigenvalue weighted by Crippen LogP contribution is 2.39. The Bertz CT molecular complexity index is 2060. The average molecular weight is 1020 g/mol. The van der Waals surface area contributed by atoms with Crippen LogP contribution in [0, 0.1) is 29.6 Å². The Labute approximate surface area is 435 Å². The van der Waals surface area contributed by atoms with E-state index >= 15 is 0 Å². The number of cyclic esters (lactones) is 1. The van der Waals surface area contributed by atoms with E-state index in [4.69, 9.17) is 29.4 Å². The van der Waals surface area contributed by atoms with Gasteiger partial charge in [0.1, 0.15) is 24.4 Å². The lowest BCUT2D eigenvalue weighted by atomic mass is 9.78. The van der Waals surface area contributed by atoms with Crippen LogP contribution in [0.25, 0.3) is 0 Å². The number of nitrogens with two attached hydrogens (primary N) is 1. The number of para-hydroxylation sites is 1. The second-order valence-corrected chi connectivity index (χ2v) is 21.7. The van der Waals surface area contributed by atoms with Gasteiger partial charge >= 0.3 is 5.97 Å². The summed E-state index contributed by atoms with van der Waals surface area (Å²) in [7, 11) is 4.67. The SMILES string of the molecule is COCCN(c1ccccc1)[C@H]1CC2CCC(C)C(O)(O2)C(=O)C(=O)N2CCCCC2C(=O)O[C@H]([C@H](C)CC2CC[C@@H](O)C(OC)C2)CC[C@H](N)/C=C(\C)C(O)[C@@H](OC)C(=O)C(C)C[C@H](C)/C=C/C=C/C=C/1C. The molecule has 15 atom stereocenters. The van der Waals surface area contributed by atoms with Gasteiger partial charge in [0.2, 0.25) is 5.79 Å². The average Bonchev–Trinajstić information content (AvgIpc) is 3.38. The van der Waals surface area contributed by atoms with Crippen molar-refractivity contribution in [3.63, 3.8) is 0 Å². The molecule has 1 amide bonds. The minimum atomic E-state index is -2.44. The number of rotatable bonds is 10. The predicted molar refractivity (Wildman–Crippen MR) is 282 cm³/mol. The first-order valence-corrected chi connectivity index (χ1v) is 27.0. The van der Waals surface area contributed by atoms with Crippen molar-refractivity contribution in [1.82, 2.24) is 4.90 Å². The number of anilines is 1. The number of piperidine rings is 1. The molecule has 1 saturated carbocycles. The minimum absolute atomic E-state index is 0.0234. The number of aliphatic hydroxyl groups is 3. The summed E-state index contributed by atoms with van der Waals surface area (Å²) in [5, 5.41) is 34.4. The number of hydrogen-bond acceptors (Lipinski definition) is 14. The van der Waals surface area contributed by atoms with E-state index in [1.54, 1.807) is 34.1 Å². The summed E-state index contributed by atoms with van der Waals surface area (Å²) in [5.41, 5.74) is 9.15. The Morgan fingerprint density at radius 3 is 2.30 bits per heavy atom. The number of methoxy groups -OCH3 is 3. The third-order valence-electron chi connectivity index (χ3n) is 16.1. The number of fused-ring (bicyclic) bond motifs is 3. The van der Waals surface area contributed by atoms with Gasteiger partial charge in [0.05, 0.1) is 31.0 Å². The molecule has 3 aliphatic heterocycles. The van der Waals surface area contributed by atoms with E-state index in [-0.39, 0.29) is 48.6 Å². The summed E-state index contributed by atoms with van der Waals surface area (Å²) < 4.78 is 29.7. The highest BCUT2D eigenvalue weighted by atomic mass is 16.6. The number of carbonyl (C=O) groups is 4. The Kier molecular flexibility index (Phi) is 23.5. The second-order valence-electron chi connectivity index (χ2n) is 21.7. The molecule has 0 radical (unpaired) electrons. The highest BCUT2D eigenvalue weighted by molar-refractivity contribution is 6.39. The lowest BCUT2D eigenvalue weighted by molar-refractivity contribution is -0.263. The molecule has 1 aromatic carbocycles. The van der Waals surface area contributed by atoms with Crippen LogP contribution in [0.5, 0.6) is 0 Å². The Morgan fingerprint density at radius 1 is 0.863 bits per heavy atom. The number of esters is 1. The van der Waals surface area contributed by atoms with Crippen LogP contribution in [0.3, 0.4) is 0 Å². The van der Waals surface area contributed by atoms with Crippen molar-refractivity contribution >= 4 is 29.1 Å². The van der Waals surface area contributed by atoms with Crippen molar-refractivity contribution < 1.29 is 58.2 Å². The van der Waals surface area contributed by atoms with E-state index in [1.165, 1.54) is 12.0 Å². The van der Waals surface area contributed by atoms with E-state index in [9.17, 15) is 34.5 Å². The van der Waals surface area contributed by atoms with Gasteiger partial charge in [0.25, 0.3) is 11.7 Å². The van der Waals surface area contributed by atoms with Crippen LogP contribution in [0.1, 0.15) is 125 Å². The van der Waals surface area contributed by atoms with Crippen LogP contribution in [-0.4, -0.2) is 145 Å². The number of carbonyl (C=O) groups excluding carboxylic acids is 4. The van der Waals surface area contributed by atoms with Crippen LogP contribution in [0.15, 0.2) is 77.9 Å². The molecule has 4 aliphatic rings. The fourth-order valence-electron chi connectivity index (χ4n) is 11.5. The molecule has 5 N–H and O–H groups in total. The zero-order valence-corrected chi connectivity index (χ0v) is 45.2. The molecule has 8 unspecified atom stereocenters. The van der Waals surface area contributed by atoms with Crippen LogP contribution in [0.2, 0.25) is 0 Å². The Balaban J connectivity index is 1.52. The normalized spacial score (nSPS) is 37.2. The molecule has 1 aromatic rings. The number of nitrogens with zero attached hydrogens (tertiary/aromatic N) is 2. The number of ketones is 2. The van der Waals surface area contributed by atoms with Crippen LogP contribution < -0.4 is 10.6 Å². The lowest BCUT2D eigenvalue weighted by Gasteiger charge is -2.44. The van der Waals surface area contributed by atoms with Crippen LogP contribution in [0.4, 0.5) is 5.69 Å². The molecule has 408 valence electrons. The van der Waals surface area contributed by atoms with E-state index in [0.717, 1.165) is 17.7 Å². The van der Waals surface area contributed by atoms with Gasteiger partial charge in [-0.25, -0.2) is 4.79 Å². The molecule has 15 nitrogen and oxygen atoms in total. The summed E-state index contributed by atoms with van der Waals surface area (Å²) in [5.74, 6) is -6.44. The summed E-state index contributed by atoms with van der Waals surface area (Å²) in [4.78, 5) is 61.1. The number of aliphatic hydroxyl groups excluding tert-OH is 2. The first-order chi connectivity index (χ1) is 34.8. The first kappa shape index (κ1) is 59.8. The smallest absolute Gasteiger partial charge is 0.329 e. The monoisotopic (exact) mass is 1020 g/mol. The molecule has 73 heavy (non-hydrogen) atoms. The molecular weight excluding hydrogens is 931 g/mol. The van der Waals surface area contributed by atoms with Gasteiger partial charge in [-0.3, -0.25) is 14.4 Å². The standard InChI is InChI=1S/C58H89N3O12/c1-37-18-12-10-13-19-38(2)48(60(30-31-69-7)45-20-14-11-15-21-45)36-46-26-23-42(6)58(68,73-46)55(65)56(66)61-29-17-16-22-47(61)57(67)72-50(39(3)33-43-24-27-49(62)51(35-43)70-8)28-25-44(59)34-41(5)53(64)54(71-9)52(63)40(4)32-37/h10-15,18-21,34,37,39-40,42-44,46-51,53-54,62,64,68H,16-17,22-33,35-36,59H2,1-9H3/b13-10+,18-12+,38-19+,41-34+/t37-,39-,40?,42?,43?,44+,46?,47?,48+,49-,50+,51?,53?,54+,58?/m1/s1. The van der Waals surface area contributed by atoms with Gasteiger partial charge in [-0.15, -0.1) is 0 Å². The van der Waals surface area contributed by atoms with Crippen molar-refractivity contribution in [3.05, 3.63) is 77.9 Å². The van der Waals surface area contributed by atoms with Gasteiger partial charge in [-0.1, -0.05) is 87.9 Å². The number of benzene rings is 1. The summed E-state index contributed by atoms with van der Waals surface area (Å²) in [6, 6.07) is 8.03. The lowest BCUT2D eigenvalue weighted by Crippen LogP contribution is -2.61. The molecule has 3 heterocycles. The third kappa shape index (κ3) is 16.2. The molecular formula is C58H89N3O12. The highest BCUT2D eigenvalue weighted by Gasteiger charge is 2.53. The first-order valence-electron chi connectivity index (χ1n) is 27.0. The van der Waals surface area contributed by atoms with Crippen molar-refractivity contribution in [2.75, 3.05) is 45.9 Å². The van der Waals surface area contributed by atoms with E-state index in [2.05, 4.69) is 4.90 Å². The maximum absolute atomic E-state index is 14.6. The quantitative estimate of drug-likeness (QED) is 0.104. The summed E-state index contributed by atoms with van der Waals surface area (Å²) in [6.45, 7) is 12.5. The van der Waals surface area contributed by atoms with Gasteiger partial charge in [0.15, 0.2) is 5.78 Å². The summed E-state index contributed by atoms with van der Waals surface area (Å²) in [6.07, 6.45) is 13.9. The number of amides is 1. The van der Waals surface area contributed by atoms with Gasteiger partial charge in [-0.2, -0.15) is 0 Å². The van der Waals surface area contributed by atoms with Crippen molar-refractivity contribution in [1.29, 1.82) is 0 Å². The van der Waals surface area contributed by atoms with E-state index < -0.39 is 77.9 Å². The van der Waals surface area contributed by atoms with Crippen LogP contribution >= 0.6 is 0 Å². The van der Waals surface area contributed by atoms with Gasteiger partial charge < -0.3 is 54.5 Å². The van der Waals surface area contributed by atoms with Gasteiger partial charge in [-0.05, 0) is 133 Å². The fourth-order valence-corrected chi connectivity index (χ4v) is 11.5. The molecule has 1 aliphatic carbocycles. The zero-order valence-electron chi connectivity index (χ0n) is 45.2. The topological polar surface area (TPSA) is 208 Å². The van der Waals surface area contributed by atoms with Crippen LogP contribution in [-0.2, 0) is 42.9 Å².